The van der Waals surface area contributed by atoms with E-state index < -0.39 is 5.60 Å². The van der Waals surface area contributed by atoms with Crippen molar-refractivity contribution in [2.24, 2.45) is 0 Å². The predicted molar refractivity (Wildman–Crippen MR) is 143 cm³/mol. The van der Waals surface area contributed by atoms with Crippen molar-refractivity contribution in [3.8, 4) is 6.07 Å². The Hall–Kier alpha value is -3.57. The van der Waals surface area contributed by atoms with Crippen LogP contribution in [-0.2, 0) is 5.60 Å². The van der Waals surface area contributed by atoms with Crippen LogP contribution >= 0.6 is 23.5 Å². The molecule has 1 aliphatic heterocycles. The van der Waals surface area contributed by atoms with Crippen LogP contribution in [0.5, 0.6) is 0 Å². The van der Waals surface area contributed by atoms with E-state index in [1.54, 1.807) is 35.4 Å². The van der Waals surface area contributed by atoms with Gasteiger partial charge in [-0.25, -0.2) is 0 Å². The fraction of sp³-hybridized carbons (Fsp3) is 0.179. The number of anilines is 1. The summed E-state index contributed by atoms with van der Waals surface area (Å²) in [6, 6.07) is 24.5. The van der Waals surface area contributed by atoms with E-state index in [1.807, 2.05) is 48.5 Å². The highest BCUT2D eigenvalue weighted by atomic mass is 35.5. The molecular formula is C28H23ClN4O2S. The SMILES string of the molecule is N#Cc1cc(NSc2cccc3cccnc23)ccc1C(=O)N1CCC(O)(c2ccccc2Cl)CC1. The van der Waals surface area contributed by atoms with E-state index in [2.05, 4.69) is 15.8 Å². The number of aliphatic hydroxyl groups is 1. The largest absolute Gasteiger partial charge is 0.385 e. The van der Waals surface area contributed by atoms with Crippen LogP contribution in [0.1, 0.15) is 34.3 Å². The molecule has 1 saturated heterocycles. The molecule has 0 atom stereocenters. The molecule has 180 valence electrons. The first kappa shape index (κ1) is 24.1. The summed E-state index contributed by atoms with van der Waals surface area (Å²) in [6.45, 7) is 0.741. The second-order valence-corrected chi connectivity index (χ2v) is 9.97. The molecule has 1 aromatic heterocycles. The quantitative estimate of drug-likeness (QED) is 0.317. The molecular weight excluding hydrogens is 492 g/mol. The number of nitrogens with zero attached hydrogens (tertiary/aromatic N) is 3. The van der Waals surface area contributed by atoms with Gasteiger partial charge >= 0.3 is 0 Å². The van der Waals surface area contributed by atoms with E-state index in [0.29, 0.717) is 53.3 Å². The lowest BCUT2D eigenvalue weighted by Crippen LogP contribution is -2.45. The van der Waals surface area contributed by atoms with Crippen molar-refractivity contribution in [3.63, 3.8) is 0 Å². The first-order valence-corrected chi connectivity index (χ1v) is 12.8. The molecule has 0 spiro atoms. The number of carbonyl (C=O) groups excluding carboxylic acids is 1. The van der Waals surface area contributed by atoms with E-state index in [1.165, 1.54) is 11.9 Å². The van der Waals surface area contributed by atoms with Gasteiger partial charge in [-0.05, 0) is 61.2 Å². The summed E-state index contributed by atoms with van der Waals surface area (Å²) < 4.78 is 3.26. The molecule has 36 heavy (non-hydrogen) atoms. The molecule has 1 amide bonds. The van der Waals surface area contributed by atoms with E-state index in [4.69, 9.17) is 11.6 Å². The maximum Gasteiger partial charge on any atom is 0.255 e. The van der Waals surface area contributed by atoms with Gasteiger partial charge in [-0.15, -0.1) is 0 Å². The van der Waals surface area contributed by atoms with Gasteiger partial charge in [0.25, 0.3) is 5.91 Å². The number of nitriles is 1. The smallest absolute Gasteiger partial charge is 0.255 e. The lowest BCUT2D eigenvalue weighted by atomic mass is 9.84. The highest BCUT2D eigenvalue weighted by Gasteiger charge is 2.37. The number of carbonyl (C=O) groups is 1. The van der Waals surface area contributed by atoms with Crippen molar-refractivity contribution in [2.45, 2.75) is 23.3 Å². The Bertz CT molecular complexity index is 1470. The average Bonchev–Trinajstić information content (AvgIpc) is 2.92. The average molecular weight is 515 g/mol. The molecule has 0 radical (unpaired) electrons. The van der Waals surface area contributed by atoms with Crippen molar-refractivity contribution in [1.82, 2.24) is 9.88 Å². The number of hydrogen-bond acceptors (Lipinski definition) is 6. The number of nitrogens with one attached hydrogen (secondary N) is 1. The van der Waals surface area contributed by atoms with Gasteiger partial charge in [0, 0.05) is 40.9 Å². The lowest BCUT2D eigenvalue weighted by molar-refractivity contribution is -0.0210. The number of likely N-dealkylation sites (tertiary alicyclic amines) is 1. The van der Waals surface area contributed by atoms with Crippen LogP contribution in [-0.4, -0.2) is 34.0 Å². The van der Waals surface area contributed by atoms with Crippen molar-refractivity contribution in [3.05, 3.63) is 101 Å². The van der Waals surface area contributed by atoms with Gasteiger partial charge in [-0.2, -0.15) is 5.26 Å². The Kier molecular flexibility index (Phi) is 6.84. The van der Waals surface area contributed by atoms with Crippen LogP contribution < -0.4 is 4.72 Å². The van der Waals surface area contributed by atoms with Crippen LogP contribution in [0.3, 0.4) is 0 Å². The first-order chi connectivity index (χ1) is 17.5. The number of hydrogen-bond donors (Lipinski definition) is 2. The minimum Gasteiger partial charge on any atom is -0.385 e. The molecule has 2 N–H and O–H groups in total. The third-order valence-electron chi connectivity index (χ3n) is 6.50. The zero-order chi connectivity index (χ0) is 25.1. The predicted octanol–water partition coefficient (Wildman–Crippen LogP) is 6.00. The van der Waals surface area contributed by atoms with Crippen molar-refractivity contribution in [1.29, 1.82) is 5.26 Å². The number of para-hydroxylation sites is 1. The number of aromatic nitrogens is 1. The van der Waals surface area contributed by atoms with Crippen LogP contribution in [0.4, 0.5) is 5.69 Å². The fourth-order valence-electron chi connectivity index (χ4n) is 4.52. The molecule has 3 aromatic carbocycles. The van der Waals surface area contributed by atoms with E-state index in [0.717, 1.165) is 15.8 Å². The molecule has 0 unspecified atom stereocenters. The molecule has 0 saturated carbocycles. The van der Waals surface area contributed by atoms with Crippen LogP contribution in [0.15, 0.2) is 83.9 Å². The summed E-state index contributed by atoms with van der Waals surface area (Å²) in [5.74, 6) is -0.217. The molecule has 1 fully saturated rings. The van der Waals surface area contributed by atoms with Crippen LogP contribution in [0.2, 0.25) is 5.02 Å². The van der Waals surface area contributed by atoms with Gasteiger partial charge < -0.3 is 14.7 Å². The van der Waals surface area contributed by atoms with E-state index in [-0.39, 0.29) is 5.91 Å². The Morgan fingerprint density at radius 1 is 1.08 bits per heavy atom. The fourth-order valence-corrected chi connectivity index (χ4v) is 5.60. The lowest BCUT2D eigenvalue weighted by Gasteiger charge is -2.39. The number of amides is 1. The first-order valence-electron chi connectivity index (χ1n) is 11.6. The normalized spacial score (nSPS) is 14.9. The van der Waals surface area contributed by atoms with Gasteiger partial charge in [0.05, 0.1) is 27.1 Å². The second-order valence-electron chi connectivity index (χ2n) is 8.71. The zero-order valence-corrected chi connectivity index (χ0v) is 20.9. The molecule has 1 aliphatic rings. The molecule has 0 bridgehead atoms. The van der Waals surface area contributed by atoms with Crippen molar-refractivity contribution in [2.75, 3.05) is 17.8 Å². The monoisotopic (exact) mass is 514 g/mol. The standard InChI is InChI=1S/C28H23ClN4O2S/c29-24-8-2-1-7-23(24)28(35)12-15-33(16-13-28)27(34)22-11-10-21(17-20(22)18-30)32-36-25-9-3-5-19-6-4-14-31-26(19)25/h1-11,14,17,32,35H,12-13,15-16H2. The van der Waals surface area contributed by atoms with E-state index >= 15 is 0 Å². The highest BCUT2D eigenvalue weighted by molar-refractivity contribution is 8.00. The Morgan fingerprint density at radius 2 is 1.86 bits per heavy atom. The number of piperidine rings is 1. The van der Waals surface area contributed by atoms with Crippen molar-refractivity contribution < 1.29 is 9.90 Å². The molecule has 2 heterocycles. The molecule has 0 aliphatic carbocycles. The highest BCUT2D eigenvalue weighted by Crippen LogP contribution is 2.37. The van der Waals surface area contributed by atoms with Gasteiger partial charge in [-0.3, -0.25) is 9.78 Å². The summed E-state index contributed by atoms with van der Waals surface area (Å²) in [5, 5.41) is 22.5. The second kappa shape index (κ2) is 10.2. The van der Waals surface area contributed by atoms with E-state index in [9.17, 15) is 15.2 Å². The van der Waals surface area contributed by atoms with Crippen molar-refractivity contribution >= 4 is 46.0 Å². The number of rotatable bonds is 5. The van der Waals surface area contributed by atoms with Crippen LogP contribution in [0.25, 0.3) is 10.9 Å². The maximum absolute atomic E-state index is 13.3. The topological polar surface area (TPSA) is 89.2 Å². The molecule has 5 rings (SSSR count). The minimum absolute atomic E-state index is 0.217. The summed E-state index contributed by atoms with van der Waals surface area (Å²) in [7, 11) is 0. The Labute approximate surface area is 218 Å². The summed E-state index contributed by atoms with van der Waals surface area (Å²) in [4.78, 5) is 20.4. The van der Waals surface area contributed by atoms with Crippen LogP contribution in [0, 0.1) is 11.3 Å². The Morgan fingerprint density at radius 3 is 2.64 bits per heavy atom. The molecule has 8 heteroatoms. The number of benzene rings is 3. The minimum atomic E-state index is -1.07. The third-order valence-corrected chi connectivity index (χ3v) is 7.71. The Balaban J connectivity index is 1.28. The number of fused-ring (bicyclic) bond motifs is 1. The summed E-state index contributed by atoms with van der Waals surface area (Å²) in [6.07, 6.45) is 2.51. The van der Waals surface area contributed by atoms with Gasteiger partial charge in [0.15, 0.2) is 0 Å². The zero-order valence-electron chi connectivity index (χ0n) is 19.3. The van der Waals surface area contributed by atoms with Gasteiger partial charge in [0.1, 0.15) is 6.07 Å². The number of pyridine rings is 1. The number of halogens is 1. The summed E-state index contributed by atoms with van der Waals surface area (Å²) >= 11 is 7.71. The summed E-state index contributed by atoms with van der Waals surface area (Å²) in [5.41, 5.74) is 1.87. The molecule has 6 nitrogen and oxygen atoms in total. The van der Waals surface area contributed by atoms with Gasteiger partial charge in [0.2, 0.25) is 0 Å². The third kappa shape index (κ3) is 4.76. The molecule has 4 aromatic rings. The maximum atomic E-state index is 13.3. The van der Waals surface area contributed by atoms with Gasteiger partial charge in [-0.1, -0.05) is 48.0 Å².